The Morgan fingerprint density at radius 3 is 3.04 bits per heavy atom. The van der Waals surface area contributed by atoms with Crippen molar-refractivity contribution in [3.63, 3.8) is 0 Å². The number of thioether (sulfide) groups is 1. The van der Waals surface area contributed by atoms with Crippen LogP contribution >= 0.6 is 19.6 Å². The fourth-order valence-electron chi connectivity index (χ4n) is 2.74. The van der Waals surface area contributed by atoms with E-state index in [4.69, 9.17) is 19.5 Å². The van der Waals surface area contributed by atoms with E-state index in [1.165, 1.54) is 22.6 Å². The minimum Gasteiger partial charge on any atom is -0.385 e. The second-order valence-electron chi connectivity index (χ2n) is 5.31. The van der Waals surface area contributed by atoms with Gasteiger partial charge in [0, 0.05) is 0 Å². The van der Waals surface area contributed by atoms with Crippen LogP contribution < -0.4 is 5.73 Å². The van der Waals surface area contributed by atoms with Crippen LogP contribution in [0.15, 0.2) is 11.4 Å². The molecule has 2 aromatic heterocycles. The molecule has 0 saturated carbocycles. The average molecular weight is 375 g/mol. The lowest BCUT2D eigenvalue weighted by molar-refractivity contribution is -0.0695. The summed E-state index contributed by atoms with van der Waals surface area (Å²) in [7, 11) is -4.18. The Balaban J connectivity index is 1.73. The van der Waals surface area contributed by atoms with Crippen LogP contribution in [0.2, 0.25) is 0 Å². The molecule has 0 spiro atoms. The first-order chi connectivity index (χ1) is 11.4. The molecule has 0 aromatic carbocycles. The summed E-state index contributed by atoms with van der Waals surface area (Å²) < 4.78 is 28.2. The van der Waals surface area contributed by atoms with Gasteiger partial charge in [-0.05, 0) is 6.26 Å². The van der Waals surface area contributed by atoms with Crippen molar-refractivity contribution in [2.24, 2.45) is 0 Å². The van der Waals surface area contributed by atoms with Gasteiger partial charge in [-0.1, -0.05) is 11.8 Å². The van der Waals surface area contributed by atoms with Crippen molar-refractivity contribution >= 4 is 36.4 Å². The number of aliphatic hydroxyl groups excluding tert-OH is 1. The van der Waals surface area contributed by atoms with Crippen molar-refractivity contribution in [3.8, 4) is 0 Å². The quantitative estimate of drug-likeness (QED) is 0.366. The minimum absolute atomic E-state index is 0.168. The molecule has 0 aliphatic carbocycles. The van der Waals surface area contributed by atoms with Gasteiger partial charge < -0.3 is 20.5 Å². The first-order valence-electron chi connectivity index (χ1n) is 6.93. The van der Waals surface area contributed by atoms with Crippen molar-refractivity contribution < 1.29 is 28.3 Å². The van der Waals surface area contributed by atoms with Crippen LogP contribution in [0.5, 0.6) is 0 Å². The summed E-state index contributed by atoms with van der Waals surface area (Å²) in [5.41, 5.74) is 6.29. The van der Waals surface area contributed by atoms with E-state index in [0.29, 0.717) is 16.2 Å². The Bertz CT molecular complexity index is 848. The van der Waals surface area contributed by atoms with E-state index in [1.807, 2.05) is 0 Å². The van der Waals surface area contributed by atoms with E-state index < -0.39 is 32.4 Å². The van der Waals surface area contributed by atoms with E-state index >= 15 is 0 Å². The standard InChI is InChI=1S/C11H14N5O6PS/c1-24-11-14-8(12)4-2-13-16(9(4)15-11)10-6(17)7-5(21-10)3-20-23(18,19)22-7/h2,5-7,10,17H,3H2,1H3,(H,18,19)(H2,12,14,15). The van der Waals surface area contributed by atoms with Crippen LogP contribution in [0.4, 0.5) is 5.82 Å². The maximum Gasteiger partial charge on any atom is 0.472 e. The van der Waals surface area contributed by atoms with Gasteiger partial charge in [-0.15, -0.1) is 0 Å². The predicted octanol–water partition coefficient (Wildman–Crippen LogP) is -0.0955. The molecule has 2 aliphatic heterocycles. The third kappa shape index (κ3) is 2.51. The third-order valence-electron chi connectivity index (χ3n) is 3.85. The molecule has 0 bridgehead atoms. The highest BCUT2D eigenvalue weighted by atomic mass is 32.2. The highest BCUT2D eigenvalue weighted by Crippen LogP contribution is 2.52. The molecule has 5 atom stereocenters. The molecule has 130 valence electrons. The molecule has 4 heterocycles. The molecule has 4 rings (SSSR count). The van der Waals surface area contributed by atoms with Crippen LogP contribution in [0.3, 0.4) is 0 Å². The molecular formula is C11H14N5O6PS. The number of nitrogens with two attached hydrogens (primary N) is 1. The zero-order valence-corrected chi connectivity index (χ0v) is 14.1. The number of nitrogen functional groups attached to an aromatic ring is 1. The van der Waals surface area contributed by atoms with Gasteiger partial charge in [0.05, 0.1) is 18.2 Å². The number of phosphoric ester groups is 1. The first-order valence-corrected chi connectivity index (χ1v) is 9.65. The molecule has 13 heteroatoms. The highest BCUT2D eigenvalue weighted by Gasteiger charge is 2.53. The molecule has 2 saturated heterocycles. The Morgan fingerprint density at radius 1 is 1.50 bits per heavy atom. The number of hydrogen-bond acceptors (Lipinski definition) is 10. The Kier molecular flexibility index (Phi) is 3.80. The van der Waals surface area contributed by atoms with Crippen molar-refractivity contribution in [1.29, 1.82) is 0 Å². The van der Waals surface area contributed by atoms with Crippen molar-refractivity contribution in [3.05, 3.63) is 6.20 Å². The SMILES string of the molecule is CSc1nc(N)c2cnn(C3OC4COP(=O)(O)OC4C3O)c2n1. The second kappa shape index (κ2) is 5.63. The molecule has 2 aromatic rings. The third-order valence-corrected chi connectivity index (χ3v) is 5.39. The van der Waals surface area contributed by atoms with Gasteiger partial charge >= 0.3 is 7.82 Å². The number of phosphoric acid groups is 1. The lowest BCUT2D eigenvalue weighted by atomic mass is 10.1. The molecule has 0 radical (unpaired) electrons. The summed E-state index contributed by atoms with van der Waals surface area (Å²) in [6.07, 6.45) is -0.600. The lowest BCUT2D eigenvalue weighted by Crippen LogP contribution is -2.39. The summed E-state index contributed by atoms with van der Waals surface area (Å²) in [6, 6.07) is 0. The molecule has 11 nitrogen and oxygen atoms in total. The zero-order valence-electron chi connectivity index (χ0n) is 12.3. The Hall–Kier alpha value is -1.27. The van der Waals surface area contributed by atoms with Gasteiger partial charge in [0.2, 0.25) is 0 Å². The lowest BCUT2D eigenvalue weighted by Gasteiger charge is -2.27. The number of nitrogens with zero attached hydrogens (tertiary/aromatic N) is 4. The molecule has 24 heavy (non-hydrogen) atoms. The van der Waals surface area contributed by atoms with Crippen molar-refractivity contribution in [2.75, 3.05) is 18.6 Å². The number of ether oxygens (including phenoxy) is 1. The van der Waals surface area contributed by atoms with E-state index in [0.717, 1.165) is 0 Å². The van der Waals surface area contributed by atoms with Gasteiger partial charge in [-0.2, -0.15) is 5.10 Å². The maximum atomic E-state index is 11.5. The van der Waals surface area contributed by atoms with Crippen LogP contribution in [-0.2, 0) is 18.3 Å². The van der Waals surface area contributed by atoms with Gasteiger partial charge in [0.25, 0.3) is 0 Å². The van der Waals surface area contributed by atoms with Crippen LogP contribution in [-0.4, -0.2) is 60.9 Å². The smallest absolute Gasteiger partial charge is 0.385 e. The summed E-state index contributed by atoms with van der Waals surface area (Å²) in [5.74, 6) is 0.264. The molecule has 5 unspecified atom stereocenters. The maximum absolute atomic E-state index is 11.5. The first kappa shape index (κ1) is 16.2. The number of rotatable bonds is 2. The van der Waals surface area contributed by atoms with E-state index in [9.17, 15) is 14.6 Å². The fourth-order valence-corrected chi connectivity index (χ4v) is 4.07. The van der Waals surface area contributed by atoms with Gasteiger partial charge in [0.15, 0.2) is 17.0 Å². The normalized spacial score (nSPS) is 36.1. The summed E-state index contributed by atoms with van der Waals surface area (Å²) in [4.78, 5) is 17.9. The fraction of sp³-hybridized carbons (Fsp3) is 0.545. The monoisotopic (exact) mass is 375 g/mol. The van der Waals surface area contributed by atoms with Crippen molar-refractivity contribution in [2.45, 2.75) is 29.7 Å². The number of aliphatic hydroxyl groups is 1. The molecule has 2 fully saturated rings. The summed E-state index contributed by atoms with van der Waals surface area (Å²) in [5, 5.41) is 15.6. The summed E-state index contributed by atoms with van der Waals surface area (Å²) in [6.45, 7) is -0.168. The molecule has 4 N–H and O–H groups in total. The number of fused-ring (bicyclic) bond motifs is 2. The minimum atomic E-state index is -4.18. The molecule has 2 aliphatic rings. The van der Waals surface area contributed by atoms with Gasteiger partial charge in [0.1, 0.15) is 24.1 Å². The largest absolute Gasteiger partial charge is 0.472 e. The summed E-state index contributed by atoms with van der Waals surface area (Å²) >= 11 is 1.31. The van der Waals surface area contributed by atoms with E-state index in [2.05, 4.69) is 15.1 Å². The topological polar surface area (TPSA) is 155 Å². The van der Waals surface area contributed by atoms with Crippen LogP contribution in [0.25, 0.3) is 11.0 Å². The second-order valence-corrected chi connectivity index (χ2v) is 7.49. The van der Waals surface area contributed by atoms with Crippen LogP contribution in [0, 0.1) is 0 Å². The van der Waals surface area contributed by atoms with Gasteiger partial charge in [-0.3, -0.25) is 9.05 Å². The molecule has 0 amide bonds. The van der Waals surface area contributed by atoms with E-state index in [-0.39, 0.29) is 12.4 Å². The average Bonchev–Trinajstić information content (AvgIpc) is 3.08. The number of anilines is 1. The highest BCUT2D eigenvalue weighted by molar-refractivity contribution is 7.98. The van der Waals surface area contributed by atoms with Crippen LogP contribution in [0.1, 0.15) is 6.23 Å². The van der Waals surface area contributed by atoms with E-state index in [1.54, 1.807) is 6.26 Å². The predicted molar refractivity (Wildman–Crippen MR) is 82.1 cm³/mol. The van der Waals surface area contributed by atoms with Gasteiger partial charge in [-0.25, -0.2) is 19.2 Å². The molecular weight excluding hydrogens is 361 g/mol. The van der Waals surface area contributed by atoms with Crippen molar-refractivity contribution in [1.82, 2.24) is 19.7 Å². The Morgan fingerprint density at radius 2 is 2.29 bits per heavy atom. The zero-order chi connectivity index (χ0) is 17.1. The number of aromatic nitrogens is 4. The number of hydrogen-bond donors (Lipinski definition) is 3. The Labute approximate surface area is 139 Å².